The van der Waals surface area contributed by atoms with Crippen LogP contribution in [-0.2, 0) is 4.79 Å². The molecule has 0 aromatic heterocycles. The van der Waals surface area contributed by atoms with Crippen LogP contribution in [0.25, 0.3) is 0 Å². The molecule has 4 nitrogen and oxygen atoms in total. The van der Waals surface area contributed by atoms with Crippen LogP contribution in [-0.4, -0.2) is 25.6 Å². The number of rotatable bonds is 7. The number of primary amides is 1. The van der Waals surface area contributed by atoms with Gasteiger partial charge in [0, 0.05) is 19.0 Å². The molecule has 1 atom stereocenters. The number of hydrogen-bond acceptors (Lipinski definition) is 3. The summed E-state index contributed by atoms with van der Waals surface area (Å²) in [4.78, 5) is 10.8. The Morgan fingerprint density at radius 3 is 2.94 bits per heavy atom. The van der Waals surface area contributed by atoms with E-state index in [9.17, 15) is 4.79 Å². The summed E-state index contributed by atoms with van der Waals surface area (Å²) in [5.41, 5.74) is 6.33. The van der Waals surface area contributed by atoms with E-state index < -0.39 is 0 Å². The molecule has 1 unspecified atom stereocenters. The average Bonchev–Trinajstić information content (AvgIpc) is 2.28. The topological polar surface area (TPSA) is 64.3 Å². The number of carbonyl (C=O) groups excluding carboxylic acids is 1. The zero-order valence-electron chi connectivity index (χ0n) is 10.4. The largest absolute Gasteiger partial charge is 0.492 e. The third-order valence-corrected chi connectivity index (χ3v) is 2.47. The van der Waals surface area contributed by atoms with Crippen molar-refractivity contribution in [2.75, 3.05) is 19.7 Å². The molecular formula is C13H20N2O2. The van der Waals surface area contributed by atoms with Gasteiger partial charge in [-0.3, -0.25) is 4.79 Å². The molecule has 3 N–H and O–H groups in total. The molecule has 0 bridgehead atoms. The summed E-state index contributed by atoms with van der Waals surface area (Å²) >= 11 is 0. The van der Waals surface area contributed by atoms with Gasteiger partial charge in [0.2, 0.25) is 5.91 Å². The third-order valence-electron chi connectivity index (χ3n) is 2.47. The summed E-state index contributed by atoms with van der Waals surface area (Å²) in [6.45, 7) is 5.70. The minimum atomic E-state index is -0.280. The van der Waals surface area contributed by atoms with Crippen molar-refractivity contribution in [3.63, 3.8) is 0 Å². The van der Waals surface area contributed by atoms with Gasteiger partial charge in [0.1, 0.15) is 12.4 Å². The molecular weight excluding hydrogens is 216 g/mol. The molecule has 1 rings (SSSR count). The van der Waals surface area contributed by atoms with Crippen molar-refractivity contribution in [2.45, 2.75) is 13.8 Å². The van der Waals surface area contributed by atoms with Crippen LogP contribution < -0.4 is 15.8 Å². The quantitative estimate of drug-likeness (QED) is 0.696. The second-order valence-corrected chi connectivity index (χ2v) is 4.17. The van der Waals surface area contributed by atoms with Crippen LogP contribution in [0, 0.1) is 12.8 Å². The molecule has 0 spiro atoms. The molecule has 1 aromatic rings. The van der Waals surface area contributed by atoms with Crippen LogP contribution in [0.3, 0.4) is 0 Å². The lowest BCUT2D eigenvalue weighted by Crippen LogP contribution is -2.32. The monoisotopic (exact) mass is 236 g/mol. The molecule has 0 saturated carbocycles. The third kappa shape index (κ3) is 5.36. The van der Waals surface area contributed by atoms with Crippen molar-refractivity contribution in [1.82, 2.24) is 5.32 Å². The Hall–Kier alpha value is -1.55. The standard InChI is InChI=1S/C13H20N2O2/c1-10-4-3-5-12(8-10)17-7-6-15-9-11(2)13(14)16/h3-5,8,11,15H,6-7,9H2,1-2H3,(H2,14,16). The minimum Gasteiger partial charge on any atom is -0.492 e. The predicted octanol–water partition coefficient (Wildman–Crippen LogP) is 1.08. The number of carbonyl (C=O) groups is 1. The highest BCUT2D eigenvalue weighted by Gasteiger charge is 2.06. The minimum absolute atomic E-state index is 0.144. The molecule has 0 radical (unpaired) electrons. The molecule has 0 aliphatic carbocycles. The van der Waals surface area contributed by atoms with Crippen molar-refractivity contribution in [2.24, 2.45) is 11.7 Å². The van der Waals surface area contributed by atoms with Crippen LogP contribution in [0.1, 0.15) is 12.5 Å². The van der Waals surface area contributed by atoms with E-state index in [0.29, 0.717) is 19.7 Å². The van der Waals surface area contributed by atoms with Gasteiger partial charge >= 0.3 is 0 Å². The predicted molar refractivity (Wildman–Crippen MR) is 67.9 cm³/mol. The van der Waals surface area contributed by atoms with Crippen molar-refractivity contribution in [3.8, 4) is 5.75 Å². The Kier molecular flexibility index (Phi) is 5.49. The first kappa shape index (κ1) is 13.5. The number of hydrogen-bond donors (Lipinski definition) is 2. The summed E-state index contributed by atoms with van der Waals surface area (Å²) in [5, 5.41) is 3.13. The van der Waals surface area contributed by atoms with E-state index in [1.807, 2.05) is 31.2 Å². The maximum atomic E-state index is 10.8. The summed E-state index contributed by atoms with van der Waals surface area (Å²) < 4.78 is 5.55. The number of ether oxygens (including phenoxy) is 1. The van der Waals surface area contributed by atoms with Crippen LogP contribution in [0.2, 0.25) is 0 Å². The van der Waals surface area contributed by atoms with Gasteiger partial charge in [-0.2, -0.15) is 0 Å². The first-order valence-electron chi connectivity index (χ1n) is 5.79. The summed E-state index contributed by atoms with van der Waals surface area (Å²) in [6.07, 6.45) is 0. The second kappa shape index (κ2) is 6.91. The normalized spacial score (nSPS) is 12.1. The second-order valence-electron chi connectivity index (χ2n) is 4.17. The molecule has 94 valence electrons. The Morgan fingerprint density at radius 2 is 2.29 bits per heavy atom. The Morgan fingerprint density at radius 1 is 1.53 bits per heavy atom. The van der Waals surface area contributed by atoms with Gasteiger partial charge < -0.3 is 15.8 Å². The van der Waals surface area contributed by atoms with Gasteiger partial charge in [-0.05, 0) is 24.6 Å². The Labute approximate surface area is 102 Å². The van der Waals surface area contributed by atoms with Crippen molar-refractivity contribution in [1.29, 1.82) is 0 Å². The molecule has 1 amide bonds. The van der Waals surface area contributed by atoms with Crippen molar-refractivity contribution >= 4 is 5.91 Å². The molecule has 0 fully saturated rings. The van der Waals surface area contributed by atoms with Crippen LogP contribution in [0.5, 0.6) is 5.75 Å². The fourth-order valence-corrected chi connectivity index (χ4v) is 1.37. The van der Waals surface area contributed by atoms with Crippen molar-refractivity contribution < 1.29 is 9.53 Å². The van der Waals surface area contributed by atoms with Gasteiger partial charge in [-0.25, -0.2) is 0 Å². The first-order chi connectivity index (χ1) is 8.09. The van der Waals surface area contributed by atoms with Crippen LogP contribution in [0.15, 0.2) is 24.3 Å². The van der Waals surface area contributed by atoms with E-state index in [1.165, 1.54) is 5.56 Å². The number of nitrogens with two attached hydrogens (primary N) is 1. The van der Waals surface area contributed by atoms with Crippen LogP contribution >= 0.6 is 0 Å². The highest BCUT2D eigenvalue weighted by atomic mass is 16.5. The highest BCUT2D eigenvalue weighted by molar-refractivity contribution is 5.76. The fraction of sp³-hybridized carbons (Fsp3) is 0.462. The first-order valence-corrected chi connectivity index (χ1v) is 5.79. The molecule has 0 aliphatic heterocycles. The van der Waals surface area contributed by atoms with Crippen LogP contribution in [0.4, 0.5) is 0 Å². The fourth-order valence-electron chi connectivity index (χ4n) is 1.37. The number of nitrogens with one attached hydrogen (secondary N) is 1. The van der Waals surface area contributed by atoms with E-state index in [-0.39, 0.29) is 11.8 Å². The lowest BCUT2D eigenvalue weighted by Gasteiger charge is -2.10. The molecule has 0 saturated heterocycles. The lowest BCUT2D eigenvalue weighted by atomic mass is 10.2. The molecule has 0 aliphatic rings. The maximum Gasteiger partial charge on any atom is 0.221 e. The summed E-state index contributed by atoms with van der Waals surface area (Å²) in [5.74, 6) is 0.445. The summed E-state index contributed by atoms with van der Waals surface area (Å²) in [7, 11) is 0. The Bertz CT molecular complexity index is 366. The zero-order valence-corrected chi connectivity index (χ0v) is 10.4. The van der Waals surface area contributed by atoms with Crippen molar-refractivity contribution in [3.05, 3.63) is 29.8 Å². The SMILES string of the molecule is Cc1cccc(OCCNCC(C)C(N)=O)c1. The molecule has 0 heterocycles. The van der Waals surface area contributed by atoms with Gasteiger partial charge in [-0.15, -0.1) is 0 Å². The van der Waals surface area contributed by atoms with Gasteiger partial charge in [-0.1, -0.05) is 19.1 Å². The van der Waals surface area contributed by atoms with Gasteiger partial charge in [0.25, 0.3) is 0 Å². The number of amides is 1. The maximum absolute atomic E-state index is 10.8. The lowest BCUT2D eigenvalue weighted by molar-refractivity contribution is -0.121. The summed E-state index contributed by atoms with van der Waals surface area (Å²) in [6, 6.07) is 7.91. The number of aryl methyl sites for hydroxylation is 1. The van der Waals surface area contributed by atoms with E-state index >= 15 is 0 Å². The molecule has 1 aromatic carbocycles. The van der Waals surface area contributed by atoms with E-state index in [1.54, 1.807) is 6.92 Å². The highest BCUT2D eigenvalue weighted by Crippen LogP contribution is 2.11. The molecule has 4 heteroatoms. The van der Waals surface area contributed by atoms with E-state index in [4.69, 9.17) is 10.5 Å². The average molecular weight is 236 g/mol. The molecule has 17 heavy (non-hydrogen) atoms. The number of benzene rings is 1. The van der Waals surface area contributed by atoms with Gasteiger partial charge in [0.05, 0.1) is 0 Å². The zero-order chi connectivity index (χ0) is 12.7. The smallest absolute Gasteiger partial charge is 0.221 e. The van der Waals surface area contributed by atoms with Gasteiger partial charge in [0.15, 0.2) is 0 Å². The van der Waals surface area contributed by atoms with E-state index in [2.05, 4.69) is 5.32 Å². The Balaban J connectivity index is 2.14. The van der Waals surface area contributed by atoms with E-state index in [0.717, 1.165) is 5.75 Å².